The minimum atomic E-state index is -3.50. The zero-order valence-electron chi connectivity index (χ0n) is 11.6. The van der Waals surface area contributed by atoms with Crippen LogP contribution in [0.2, 0.25) is 0 Å². The Hall–Kier alpha value is -0.850. The summed E-state index contributed by atoms with van der Waals surface area (Å²) in [5, 5.41) is 9.31. The predicted octanol–water partition coefficient (Wildman–Crippen LogP) is 1.64. The van der Waals surface area contributed by atoms with Gasteiger partial charge in [0.15, 0.2) is 0 Å². The van der Waals surface area contributed by atoms with Crippen molar-refractivity contribution in [2.45, 2.75) is 57.2 Å². The Morgan fingerprint density at radius 3 is 2.53 bits per heavy atom. The summed E-state index contributed by atoms with van der Waals surface area (Å²) in [6, 6.07) is 1.80. The van der Waals surface area contributed by atoms with Crippen molar-refractivity contribution in [3.05, 3.63) is 18.0 Å². The molecule has 0 radical (unpaired) electrons. The van der Waals surface area contributed by atoms with Crippen molar-refractivity contribution in [1.82, 2.24) is 9.29 Å². The van der Waals surface area contributed by atoms with E-state index in [-0.39, 0.29) is 23.5 Å². The van der Waals surface area contributed by atoms with Crippen LogP contribution in [0.15, 0.2) is 17.2 Å². The van der Waals surface area contributed by atoms with E-state index in [4.69, 9.17) is 0 Å². The highest BCUT2D eigenvalue weighted by Crippen LogP contribution is 2.37. The monoisotopic (exact) mass is 286 g/mol. The molecule has 0 aromatic carbocycles. The number of aliphatic hydroxyl groups is 1. The average molecular weight is 286 g/mol. The van der Waals surface area contributed by atoms with Crippen molar-refractivity contribution in [3.63, 3.8) is 0 Å². The molecule has 2 N–H and O–H groups in total. The summed E-state index contributed by atoms with van der Waals surface area (Å²) in [4.78, 5) is 0.246. The minimum Gasteiger partial charge on any atom is -0.390 e. The van der Waals surface area contributed by atoms with E-state index in [9.17, 15) is 13.5 Å². The van der Waals surface area contributed by atoms with Crippen LogP contribution in [0.1, 0.15) is 45.3 Å². The quantitative estimate of drug-likeness (QED) is 0.835. The first-order chi connectivity index (χ1) is 8.85. The Kier molecular flexibility index (Phi) is 4.03. The molecule has 1 aliphatic rings. The van der Waals surface area contributed by atoms with Crippen molar-refractivity contribution in [1.29, 1.82) is 0 Å². The van der Waals surface area contributed by atoms with Crippen molar-refractivity contribution >= 4 is 10.0 Å². The normalized spacial score (nSPS) is 17.9. The summed E-state index contributed by atoms with van der Waals surface area (Å²) >= 11 is 0. The maximum atomic E-state index is 12.3. The van der Waals surface area contributed by atoms with Gasteiger partial charge in [0, 0.05) is 24.0 Å². The van der Waals surface area contributed by atoms with Crippen LogP contribution in [-0.4, -0.2) is 24.1 Å². The van der Waals surface area contributed by atoms with Gasteiger partial charge >= 0.3 is 0 Å². The third-order valence-electron chi connectivity index (χ3n) is 3.66. The SMILES string of the molecule is CC(C)C(C)NS(=O)(=O)c1cc(CO)n(C2CC2)c1. The van der Waals surface area contributed by atoms with Crippen LogP contribution in [0, 0.1) is 5.92 Å². The van der Waals surface area contributed by atoms with E-state index in [2.05, 4.69) is 4.72 Å². The van der Waals surface area contributed by atoms with Crippen LogP contribution < -0.4 is 4.72 Å². The molecule has 1 fully saturated rings. The van der Waals surface area contributed by atoms with E-state index in [0.29, 0.717) is 11.7 Å². The zero-order chi connectivity index (χ0) is 14.2. The third-order valence-corrected chi connectivity index (χ3v) is 5.19. The predicted molar refractivity (Wildman–Crippen MR) is 73.2 cm³/mol. The van der Waals surface area contributed by atoms with Crippen molar-refractivity contribution in [2.24, 2.45) is 5.92 Å². The minimum absolute atomic E-state index is 0.119. The van der Waals surface area contributed by atoms with E-state index >= 15 is 0 Å². The molecule has 1 saturated carbocycles. The molecular weight excluding hydrogens is 264 g/mol. The Morgan fingerprint density at radius 2 is 2.05 bits per heavy atom. The lowest BCUT2D eigenvalue weighted by atomic mass is 10.1. The number of aromatic nitrogens is 1. The van der Waals surface area contributed by atoms with Crippen molar-refractivity contribution in [3.8, 4) is 0 Å². The molecule has 0 bridgehead atoms. The van der Waals surface area contributed by atoms with Gasteiger partial charge in [0.2, 0.25) is 10.0 Å². The van der Waals surface area contributed by atoms with Gasteiger partial charge < -0.3 is 9.67 Å². The highest BCUT2D eigenvalue weighted by Gasteiger charge is 2.28. The number of sulfonamides is 1. The van der Waals surface area contributed by atoms with Crippen molar-refractivity contribution in [2.75, 3.05) is 0 Å². The summed E-state index contributed by atoms with van der Waals surface area (Å²) in [5.41, 5.74) is 0.667. The van der Waals surface area contributed by atoms with Gasteiger partial charge in [0.05, 0.1) is 11.5 Å². The smallest absolute Gasteiger partial charge is 0.242 e. The van der Waals surface area contributed by atoms with E-state index in [1.807, 2.05) is 25.3 Å². The lowest BCUT2D eigenvalue weighted by molar-refractivity contribution is 0.270. The molecule has 19 heavy (non-hydrogen) atoms. The maximum Gasteiger partial charge on any atom is 0.242 e. The molecule has 0 amide bonds. The molecule has 1 atom stereocenters. The van der Waals surface area contributed by atoms with Crippen LogP contribution >= 0.6 is 0 Å². The second-order valence-corrected chi connectivity index (χ2v) is 7.33. The molecule has 0 saturated heterocycles. The zero-order valence-corrected chi connectivity index (χ0v) is 12.4. The maximum absolute atomic E-state index is 12.3. The number of aliphatic hydroxyl groups excluding tert-OH is 1. The molecule has 108 valence electrons. The average Bonchev–Trinajstić information content (AvgIpc) is 3.07. The number of nitrogens with zero attached hydrogens (tertiary/aromatic N) is 1. The molecular formula is C13H22N2O3S. The van der Waals surface area contributed by atoms with Crippen LogP contribution in [0.5, 0.6) is 0 Å². The summed E-state index contributed by atoms with van der Waals surface area (Å²) in [5.74, 6) is 0.234. The summed E-state index contributed by atoms with van der Waals surface area (Å²) in [7, 11) is -3.50. The van der Waals surface area contributed by atoms with Crippen LogP contribution in [0.25, 0.3) is 0 Å². The molecule has 0 spiro atoms. The van der Waals surface area contributed by atoms with Gasteiger partial charge in [-0.05, 0) is 31.7 Å². The van der Waals surface area contributed by atoms with E-state index in [1.165, 1.54) is 0 Å². The Morgan fingerprint density at radius 1 is 1.42 bits per heavy atom. The Labute approximate surface area is 114 Å². The summed E-state index contributed by atoms with van der Waals surface area (Å²) < 4.78 is 29.1. The first-order valence-electron chi connectivity index (χ1n) is 6.69. The lowest BCUT2D eigenvalue weighted by Crippen LogP contribution is -2.35. The van der Waals surface area contributed by atoms with Gasteiger partial charge in [-0.1, -0.05) is 13.8 Å². The molecule has 2 rings (SSSR count). The van der Waals surface area contributed by atoms with Crippen LogP contribution in [0.3, 0.4) is 0 Å². The molecule has 1 aromatic rings. The fourth-order valence-corrected chi connectivity index (χ4v) is 3.35. The number of hydrogen-bond acceptors (Lipinski definition) is 3. The van der Waals surface area contributed by atoms with Gasteiger partial charge in [-0.3, -0.25) is 0 Å². The Bertz CT molecular complexity index is 544. The van der Waals surface area contributed by atoms with Gasteiger partial charge in [-0.2, -0.15) is 0 Å². The second kappa shape index (κ2) is 5.26. The topological polar surface area (TPSA) is 71.3 Å². The standard InChI is InChI=1S/C13H22N2O3S/c1-9(2)10(3)14-19(17,18)13-6-12(8-16)15(7-13)11-4-5-11/h6-7,9-11,14,16H,4-5,8H2,1-3H3. The molecule has 1 aliphatic carbocycles. The van der Waals surface area contributed by atoms with Crippen LogP contribution in [-0.2, 0) is 16.6 Å². The third kappa shape index (κ3) is 3.19. The fraction of sp³-hybridized carbons (Fsp3) is 0.692. The number of rotatable bonds is 6. The van der Waals surface area contributed by atoms with E-state index in [0.717, 1.165) is 12.8 Å². The number of hydrogen-bond donors (Lipinski definition) is 2. The largest absolute Gasteiger partial charge is 0.390 e. The van der Waals surface area contributed by atoms with E-state index in [1.54, 1.807) is 12.3 Å². The van der Waals surface area contributed by atoms with Gasteiger partial charge in [-0.25, -0.2) is 13.1 Å². The van der Waals surface area contributed by atoms with Gasteiger partial charge in [0.25, 0.3) is 0 Å². The number of nitrogens with one attached hydrogen (secondary N) is 1. The van der Waals surface area contributed by atoms with Gasteiger partial charge in [-0.15, -0.1) is 0 Å². The molecule has 5 nitrogen and oxygen atoms in total. The van der Waals surface area contributed by atoms with Gasteiger partial charge in [0.1, 0.15) is 0 Å². The highest BCUT2D eigenvalue weighted by molar-refractivity contribution is 7.89. The first kappa shape index (κ1) is 14.6. The van der Waals surface area contributed by atoms with Crippen LogP contribution in [0.4, 0.5) is 0 Å². The molecule has 0 aliphatic heterocycles. The lowest BCUT2D eigenvalue weighted by Gasteiger charge is -2.16. The second-order valence-electron chi connectivity index (χ2n) is 5.62. The molecule has 1 heterocycles. The summed E-state index contributed by atoms with van der Waals surface area (Å²) in [6.45, 7) is 5.67. The molecule has 1 unspecified atom stereocenters. The fourth-order valence-electron chi connectivity index (χ4n) is 1.91. The molecule has 1 aromatic heterocycles. The molecule has 6 heteroatoms. The summed E-state index contributed by atoms with van der Waals surface area (Å²) in [6.07, 6.45) is 3.74. The highest BCUT2D eigenvalue weighted by atomic mass is 32.2. The van der Waals surface area contributed by atoms with E-state index < -0.39 is 10.0 Å². The van der Waals surface area contributed by atoms with Crippen molar-refractivity contribution < 1.29 is 13.5 Å². The Balaban J connectivity index is 2.25. The first-order valence-corrected chi connectivity index (χ1v) is 8.17.